The van der Waals surface area contributed by atoms with Gasteiger partial charge in [0, 0.05) is 11.3 Å². The summed E-state index contributed by atoms with van der Waals surface area (Å²) in [6.07, 6.45) is 0.815. The van der Waals surface area contributed by atoms with E-state index >= 15 is 0 Å². The van der Waals surface area contributed by atoms with Crippen LogP contribution in [0.1, 0.15) is 29.2 Å². The van der Waals surface area contributed by atoms with Crippen LogP contribution in [-0.2, 0) is 14.3 Å². The molecule has 2 aromatic rings. The standard InChI is InChI=1S/C22H23NO4/c1-13-9-14(2)20(15(3)10-13)23-21(24)16(4)27-22(25)18-11-17-7-5-6-8-19(17)26-12-18/h5-11,16H,12H2,1-4H3,(H,23,24)/t16-/m1/s1. The Balaban J connectivity index is 1.67. The molecule has 3 rings (SSSR count). The Morgan fingerprint density at radius 1 is 1.11 bits per heavy atom. The summed E-state index contributed by atoms with van der Waals surface area (Å²) in [7, 11) is 0. The van der Waals surface area contributed by atoms with Gasteiger partial charge in [-0.1, -0.05) is 35.9 Å². The molecular weight excluding hydrogens is 342 g/mol. The Bertz CT molecular complexity index is 907. The number of ether oxygens (including phenoxy) is 2. The lowest BCUT2D eigenvalue weighted by Gasteiger charge is -2.20. The molecule has 140 valence electrons. The molecule has 1 atom stereocenters. The number of aryl methyl sites for hydroxylation is 3. The van der Waals surface area contributed by atoms with Crippen molar-refractivity contribution in [3.05, 3.63) is 64.2 Å². The predicted molar refractivity (Wildman–Crippen MR) is 105 cm³/mol. The van der Waals surface area contributed by atoms with Gasteiger partial charge in [0.25, 0.3) is 5.91 Å². The molecule has 27 heavy (non-hydrogen) atoms. The van der Waals surface area contributed by atoms with Crippen LogP contribution >= 0.6 is 0 Å². The van der Waals surface area contributed by atoms with Gasteiger partial charge in [0.15, 0.2) is 6.10 Å². The largest absolute Gasteiger partial charge is 0.488 e. The number of amides is 1. The minimum absolute atomic E-state index is 0.125. The zero-order valence-corrected chi connectivity index (χ0v) is 16.0. The number of nitrogens with one attached hydrogen (secondary N) is 1. The van der Waals surface area contributed by atoms with Gasteiger partial charge in [-0.25, -0.2) is 4.79 Å². The summed E-state index contributed by atoms with van der Waals surface area (Å²) in [5.74, 6) is -0.189. The van der Waals surface area contributed by atoms with Crippen molar-refractivity contribution in [3.8, 4) is 5.75 Å². The second kappa shape index (κ2) is 7.66. The summed E-state index contributed by atoms with van der Waals surface area (Å²) in [5.41, 5.74) is 5.03. The van der Waals surface area contributed by atoms with Crippen molar-refractivity contribution in [1.82, 2.24) is 0 Å². The van der Waals surface area contributed by atoms with Gasteiger partial charge in [-0.2, -0.15) is 0 Å². The van der Waals surface area contributed by atoms with Crippen LogP contribution in [0.25, 0.3) is 6.08 Å². The highest BCUT2D eigenvalue weighted by molar-refractivity contribution is 6.00. The molecule has 5 heteroatoms. The average Bonchev–Trinajstić information content (AvgIpc) is 2.63. The fraction of sp³-hybridized carbons (Fsp3) is 0.273. The lowest BCUT2D eigenvalue weighted by atomic mass is 10.0. The SMILES string of the molecule is Cc1cc(C)c(NC(=O)[C@@H](C)OC(=O)C2=Cc3ccccc3OC2)c(C)c1. The van der Waals surface area contributed by atoms with Crippen molar-refractivity contribution in [2.45, 2.75) is 33.8 Å². The number of carbonyl (C=O) groups is 2. The van der Waals surface area contributed by atoms with Crippen LogP contribution in [0.2, 0.25) is 0 Å². The minimum atomic E-state index is -0.921. The first-order valence-electron chi connectivity index (χ1n) is 8.87. The highest BCUT2D eigenvalue weighted by atomic mass is 16.6. The van der Waals surface area contributed by atoms with Gasteiger partial charge in [0.2, 0.25) is 0 Å². The van der Waals surface area contributed by atoms with E-state index in [4.69, 9.17) is 9.47 Å². The molecule has 1 heterocycles. The smallest absolute Gasteiger partial charge is 0.338 e. The van der Waals surface area contributed by atoms with Gasteiger partial charge in [-0.05, 0) is 51.0 Å². The maximum atomic E-state index is 12.5. The van der Waals surface area contributed by atoms with Crippen LogP contribution in [0.15, 0.2) is 42.0 Å². The normalized spacial score (nSPS) is 13.7. The van der Waals surface area contributed by atoms with Crippen molar-refractivity contribution in [3.63, 3.8) is 0 Å². The Morgan fingerprint density at radius 2 is 1.78 bits per heavy atom. The predicted octanol–water partition coefficient (Wildman–Crippen LogP) is 3.96. The zero-order valence-electron chi connectivity index (χ0n) is 16.0. The van der Waals surface area contributed by atoms with E-state index in [1.807, 2.05) is 57.2 Å². The maximum absolute atomic E-state index is 12.5. The number of carbonyl (C=O) groups excluding carboxylic acids is 2. The van der Waals surface area contributed by atoms with Crippen molar-refractivity contribution in [2.24, 2.45) is 0 Å². The fourth-order valence-corrected chi connectivity index (χ4v) is 3.13. The van der Waals surface area contributed by atoms with Crippen LogP contribution in [0, 0.1) is 20.8 Å². The molecule has 0 saturated heterocycles. The molecule has 1 aliphatic rings. The van der Waals surface area contributed by atoms with Gasteiger partial charge in [-0.3, -0.25) is 4.79 Å². The summed E-state index contributed by atoms with van der Waals surface area (Å²) >= 11 is 0. The number of rotatable bonds is 4. The summed E-state index contributed by atoms with van der Waals surface area (Å²) in [4.78, 5) is 24.9. The van der Waals surface area contributed by atoms with Crippen LogP contribution in [-0.4, -0.2) is 24.6 Å². The zero-order chi connectivity index (χ0) is 19.6. The molecule has 1 aliphatic heterocycles. The number of benzene rings is 2. The Hall–Kier alpha value is -3.08. The van der Waals surface area contributed by atoms with Gasteiger partial charge in [0.05, 0.1) is 5.57 Å². The molecule has 0 aromatic heterocycles. The van der Waals surface area contributed by atoms with Gasteiger partial charge in [-0.15, -0.1) is 0 Å². The Morgan fingerprint density at radius 3 is 2.48 bits per heavy atom. The molecular formula is C22H23NO4. The topological polar surface area (TPSA) is 64.6 Å². The molecule has 0 radical (unpaired) electrons. The fourth-order valence-electron chi connectivity index (χ4n) is 3.13. The van der Waals surface area contributed by atoms with E-state index in [0.717, 1.165) is 33.7 Å². The summed E-state index contributed by atoms with van der Waals surface area (Å²) in [6, 6.07) is 11.5. The molecule has 1 amide bonds. The first kappa shape index (κ1) is 18.7. The van der Waals surface area contributed by atoms with E-state index < -0.39 is 12.1 Å². The summed E-state index contributed by atoms with van der Waals surface area (Å²) in [5, 5.41) is 2.86. The maximum Gasteiger partial charge on any atom is 0.338 e. The molecule has 0 spiro atoms. The number of anilines is 1. The lowest BCUT2D eigenvalue weighted by Crippen LogP contribution is -2.32. The highest BCUT2D eigenvalue weighted by Crippen LogP contribution is 2.26. The molecule has 0 fully saturated rings. The van der Waals surface area contributed by atoms with E-state index in [1.165, 1.54) is 0 Å². The van der Waals surface area contributed by atoms with Crippen LogP contribution in [0.4, 0.5) is 5.69 Å². The molecule has 2 aromatic carbocycles. The Labute approximate surface area is 159 Å². The second-order valence-electron chi connectivity index (χ2n) is 6.81. The van der Waals surface area contributed by atoms with Crippen LogP contribution < -0.4 is 10.1 Å². The number of fused-ring (bicyclic) bond motifs is 1. The van der Waals surface area contributed by atoms with Crippen molar-refractivity contribution >= 4 is 23.6 Å². The van der Waals surface area contributed by atoms with Crippen molar-refractivity contribution < 1.29 is 19.1 Å². The molecule has 0 saturated carbocycles. The third-order valence-electron chi connectivity index (χ3n) is 4.47. The monoisotopic (exact) mass is 365 g/mol. The molecule has 0 aliphatic carbocycles. The minimum Gasteiger partial charge on any atom is -0.488 e. The number of hydrogen-bond donors (Lipinski definition) is 1. The van der Waals surface area contributed by atoms with E-state index in [9.17, 15) is 9.59 Å². The Kier molecular flexibility index (Phi) is 5.31. The highest BCUT2D eigenvalue weighted by Gasteiger charge is 2.24. The average molecular weight is 365 g/mol. The number of para-hydroxylation sites is 1. The third kappa shape index (κ3) is 4.19. The second-order valence-corrected chi connectivity index (χ2v) is 6.81. The first-order valence-corrected chi connectivity index (χ1v) is 8.87. The van der Waals surface area contributed by atoms with Crippen molar-refractivity contribution in [2.75, 3.05) is 11.9 Å². The third-order valence-corrected chi connectivity index (χ3v) is 4.47. The molecule has 5 nitrogen and oxygen atoms in total. The van der Waals surface area contributed by atoms with E-state index in [1.54, 1.807) is 13.0 Å². The summed E-state index contributed by atoms with van der Waals surface area (Å²) in [6.45, 7) is 7.57. The summed E-state index contributed by atoms with van der Waals surface area (Å²) < 4.78 is 10.9. The van der Waals surface area contributed by atoms with E-state index in [2.05, 4.69) is 5.32 Å². The van der Waals surface area contributed by atoms with Gasteiger partial charge < -0.3 is 14.8 Å². The molecule has 0 bridgehead atoms. The van der Waals surface area contributed by atoms with E-state index in [0.29, 0.717) is 5.57 Å². The van der Waals surface area contributed by atoms with Crippen LogP contribution in [0.3, 0.4) is 0 Å². The molecule has 0 unspecified atom stereocenters. The molecule has 1 N–H and O–H groups in total. The van der Waals surface area contributed by atoms with E-state index in [-0.39, 0.29) is 12.5 Å². The van der Waals surface area contributed by atoms with Crippen molar-refractivity contribution in [1.29, 1.82) is 0 Å². The van der Waals surface area contributed by atoms with Gasteiger partial charge in [0.1, 0.15) is 12.4 Å². The van der Waals surface area contributed by atoms with Crippen LogP contribution in [0.5, 0.6) is 5.75 Å². The quantitative estimate of drug-likeness (QED) is 0.833. The number of hydrogen-bond acceptors (Lipinski definition) is 4. The lowest BCUT2D eigenvalue weighted by molar-refractivity contribution is -0.149. The van der Waals surface area contributed by atoms with Gasteiger partial charge >= 0.3 is 5.97 Å². The number of esters is 1. The first-order chi connectivity index (χ1) is 12.8.